The highest BCUT2D eigenvalue weighted by Crippen LogP contribution is 2.21. The van der Waals surface area contributed by atoms with Crippen LogP contribution in [0.5, 0.6) is 0 Å². The fourth-order valence-corrected chi connectivity index (χ4v) is 2.03. The fourth-order valence-electron chi connectivity index (χ4n) is 2.03. The van der Waals surface area contributed by atoms with Gasteiger partial charge in [0.2, 0.25) is 0 Å². The van der Waals surface area contributed by atoms with Crippen molar-refractivity contribution in [3.63, 3.8) is 0 Å². The van der Waals surface area contributed by atoms with Crippen LogP contribution in [0.3, 0.4) is 0 Å². The van der Waals surface area contributed by atoms with E-state index in [1.54, 1.807) is 29.8 Å². The first-order valence-corrected chi connectivity index (χ1v) is 7.12. The SMILES string of the molecule is CCOC(=O)c1ccc(N)c(-n2nc(CC)nc2CC)c1. The number of carbonyl (C=O) groups excluding carboxylic acids is 1. The molecule has 0 aliphatic heterocycles. The Labute approximate surface area is 123 Å². The lowest BCUT2D eigenvalue weighted by molar-refractivity contribution is 0.0526. The van der Waals surface area contributed by atoms with E-state index in [-0.39, 0.29) is 5.97 Å². The van der Waals surface area contributed by atoms with Crippen LogP contribution in [0, 0.1) is 0 Å². The number of aryl methyl sites for hydroxylation is 2. The van der Waals surface area contributed by atoms with Crippen LogP contribution in [0.15, 0.2) is 18.2 Å². The Morgan fingerprint density at radius 2 is 2.05 bits per heavy atom. The summed E-state index contributed by atoms with van der Waals surface area (Å²) in [5.41, 5.74) is 7.69. The molecular formula is C15H20N4O2. The molecule has 21 heavy (non-hydrogen) atoms. The highest BCUT2D eigenvalue weighted by Gasteiger charge is 2.15. The highest BCUT2D eigenvalue weighted by molar-refractivity contribution is 5.91. The highest BCUT2D eigenvalue weighted by atomic mass is 16.5. The van der Waals surface area contributed by atoms with E-state index in [0.29, 0.717) is 23.5 Å². The zero-order valence-corrected chi connectivity index (χ0v) is 12.6. The Hall–Kier alpha value is -2.37. The number of nitrogens with two attached hydrogens (primary N) is 1. The van der Waals surface area contributed by atoms with Crippen molar-refractivity contribution in [2.45, 2.75) is 33.6 Å². The van der Waals surface area contributed by atoms with Crippen molar-refractivity contribution in [1.82, 2.24) is 14.8 Å². The van der Waals surface area contributed by atoms with Gasteiger partial charge in [0, 0.05) is 12.8 Å². The second kappa shape index (κ2) is 6.39. The normalized spacial score (nSPS) is 10.6. The number of nitrogens with zero attached hydrogens (tertiary/aromatic N) is 3. The first-order chi connectivity index (χ1) is 10.1. The van der Waals surface area contributed by atoms with Gasteiger partial charge in [-0.2, -0.15) is 5.10 Å². The maximum atomic E-state index is 11.8. The van der Waals surface area contributed by atoms with Gasteiger partial charge < -0.3 is 10.5 Å². The molecule has 0 saturated carbocycles. The number of anilines is 1. The zero-order valence-electron chi connectivity index (χ0n) is 12.6. The van der Waals surface area contributed by atoms with Gasteiger partial charge in [-0.15, -0.1) is 0 Å². The van der Waals surface area contributed by atoms with Gasteiger partial charge in [0.05, 0.1) is 23.5 Å². The van der Waals surface area contributed by atoms with Gasteiger partial charge in [0.15, 0.2) is 5.82 Å². The Morgan fingerprint density at radius 3 is 2.67 bits per heavy atom. The Bertz CT molecular complexity index is 649. The summed E-state index contributed by atoms with van der Waals surface area (Å²) >= 11 is 0. The molecule has 2 rings (SSSR count). The topological polar surface area (TPSA) is 83.0 Å². The molecule has 0 amide bonds. The van der Waals surface area contributed by atoms with Crippen molar-refractivity contribution in [1.29, 1.82) is 0 Å². The lowest BCUT2D eigenvalue weighted by Gasteiger charge is -2.10. The monoisotopic (exact) mass is 288 g/mol. The van der Waals surface area contributed by atoms with E-state index < -0.39 is 0 Å². The number of hydrogen-bond donors (Lipinski definition) is 1. The molecule has 0 radical (unpaired) electrons. The summed E-state index contributed by atoms with van der Waals surface area (Å²) in [4.78, 5) is 16.3. The van der Waals surface area contributed by atoms with Gasteiger partial charge in [-0.3, -0.25) is 0 Å². The summed E-state index contributed by atoms with van der Waals surface area (Å²) < 4.78 is 6.72. The molecule has 2 aromatic rings. The number of rotatable bonds is 5. The predicted molar refractivity (Wildman–Crippen MR) is 80.5 cm³/mol. The van der Waals surface area contributed by atoms with Crippen LogP contribution in [-0.4, -0.2) is 27.3 Å². The summed E-state index contributed by atoms with van der Waals surface area (Å²) in [5, 5.41) is 4.45. The molecule has 0 bridgehead atoms. The van der Waals surface area contributed by atoms with E-state index in [0.717, 1.165) is 24.5 Å². The van der Waals surface area contributed by atoms with Gasteiger partial charge >= 0.3 is 5.97 Å². The second-order valence-corrected chi connectivity index (χ2v) is 4.56. The Balaban J connectivity index is 2.50. The number of aromatic nitrogens is 3. The summed E-state index contributed by atoms with van der Waals surface area (Å²) in [6.45, 7) is 6.11. The van der Waals surface area contributed by atoms with Gasteiger partial charge in [-0.25, -0.2) is 14.5 Å². The molecule has 0 aliphatic carbocycles. The first kappa shape index (κ1) is 15.0. The third kappa shape index (κ3) is 3.04. The molecule has 2 N–H and O–H groups in total. The number of benzene rings is 1. The van der Waals surface area contributed by atoms with E-state index in [4.69, 9.17) is 10.5 Å². The average molecular weight is 288 g/mol. The predicted octanol–water partition coefficient (Wildman–Crippen LogP) is 2.15. The third-order valence-electron chi connectivity index (χ3n) is 3.12. The lowest BCUT2D eigenvalue weighted by Crippen LogP contribution is -2.09. The van der Waals surface area contributed by atoms with Crippen LogP contribution in [0.25, 0.3) is 5.69 Å². The number of hydrogen-bond acceptors (Lipinski definition) is 5. The number of esters is 1. The molecule has 0 unspecified atom stereocenters. The maximum Gasteiger partial charge on any atom is 0.338 e. The summed E-state index contributed by atoms with van der Waals surface area (Å²) in [6.07, 6.45) is 1.48. The fraction of sp³-hybridized carbons (Fsp3) is 0.400. The molecule has 0 aliphatic rings. The van der Waals surface area contributed by atoms with Crippen LogP contribution in [0.4, 0.5) is 5.69 Å². The summed E-state index contributed by atoms with van der Waals surface area (Å²) in [5.74, 6) is 1.21. The Kier molecular flexibility index (Phi) is 4.57. The van der Waals surface area contributed by atoms with Gasteiger partial charge in [0.25, 0.3) is 0 Å². The van der Waals surface area contributed by atoms with Gasteiger partial charge in [-0.1, -0.05) is 13.8 Å². The average Bonchev–Trinajstić information content (AvgIpc) is 2.91. The van der Waals surface area contributed by atoms with Gasteiger partial charge in [0.1, 0.15) is 5.82 Å². The van der Waals surface area contributed by atoms with Crippen LogP contribution >= 0.6 is 0 Å². The summed E-state index contributed by atoms with van der Waals surface area (Å²) in [6, 6.07) is 5.04. The van der Waals surface area contributed by atoms with Crippen LogP contribution in [0.1, 0.15) is 42.8 Å². The molecule has 1 aromatic heterocycles. The van der Waals surface area contributed by atoms with Crippen LogP contribution in [0.2, 0.25) is 0 Å². The number of nitrogen functional groups attached to an aromatic ring is 1. The van der Waals surface area contributed by atoms with E-state index in [1.807, 2.05) is 13.8 Å². The zero-order chi connectivity index (χ0) is 15.4. The smallest absolute Gasteiger partial charge is 0.338 e. The largest absolute Gasteiger partial charge is 0.462 e. The van der Waals surface area contributed by atoms with Crippen molar-refractivity contribution in [2.24, 2.45) is 0 Å². The van der Waals surface area contributed by atoms with E-state index in [1.165, 1.54) is 0 Å². The minimum atomic E-state index is -0.368. The standard InChI is InChI=1S/C15H20N4O2/c1-4-13-17-14(5-2)19(18-13)12-9-10(7-8-11(12)16)15(20)21-6-3/h7-9H,4-6,16H2,1-3H3. The van der Waals surface area contributed by atoms with Crippen molar-refractivity contribution in [3.05, 3.63) is 35.4 Å². The van der Waals surface area contributed by atoms with Crippen molar-refractivity contribution in [3.8, 4) is 5.69 Å². The molecule has 0 saturated heterocycles. The van der Waals surface area contributed by atoms with Crippen LogP contribution in [-0.2, 0) is 17.6 Å². The third-order valence-corrected chi connectivity index (χ3v) is 3.12. The van der Waals surface area contributed by atoms with E-state index >= 15 is 0 Å². The number of carbonyl (C=O) groups is 1. The van der Waals surface area contributed by atoms with Crippen molar-refractivity contribution >= 4 is 11.7 Å². The van der Waals surface area contributed by atoms with Crippen molar-refractivity contribution < 1.29 is 9.53 Å². The van der Waals surface area contributed by atoms with Gasteiger partial charge in [-0.05, 0) is 25.1 Å². The first-order valence-electron chi connectivity index (χ1n) is 7.12. The lowest BCUT2D eigenvalue weighted by atomic mass is 10.1. The minimum Gasteiger partial charge on any atom is -0.462 e. The molecule has 0 spiro atoms. The maximum absolute atomic E-state index is 11.8. The quantitative estimate of drug-likeness (QED) is 0.673. The molecule has 0 atom stereocenters. The molecule has 6 nitrogen and oxygen atoms in total. The van der Waals surface area contributed by atoms with Crippen molar-refractivity contribution in [2.75, 3.05) is 12.3 Å². The molecule has 1 aromatic carbocycles. The Morgan fingerprint density at radius 1 is 1.29 bits per heavy atom. The minimum absolute atomic E-state index is 0.335. The van der Waals surface area contributed by atoms with E-state index in [9.17, 15) is 4.79 Å². The van der Waals surface area contributed by atoms with Crippen LogP contribution < -0.4 is 5.73 Å². The summed E-state index contributed by atoms with van der Waals surface area (Å²) in [7, 11) is 0. The molecule has 112 valence electrons. The molecule has 0 fully saturated rings. The molecule has 6 heteroatoms. The molecule has 1 heterocycles. The second-order valence-electron chi connectivity index (χ2n) is 4.56. The number of ether oxygens (including phenoxy) is 1. The molecular weight excluding hydrogens is 268 g/mol. The van der Waals surface area contributed by atoms with E-state index in [2.05, 4.69) is 10.1 Å².